The fraction of sp³-hybridized carbons (Fsp3) is 0.556. The SMILES string of the molecule is Cc1nc(C(C)C)sc1C(=O)N1CCCN(Cc2cccs2)CC1. The summed E-state index contributed by atoms with van der Waals surface area (Å²) in [4.78, 5) is 24.2. The van der Waals surface area contributed by atoms with Gasteiger partial charge in [0.05, 0.1) is 10.7 Å². The molecule has 0 aliphatic carbocycles. The number of thiazole rings is 1. The maximum atomic E-state index is 12.9. The molecular formula is C18H25N3OS2. The monoisotopic (exact) mass is 363 g/mol. The summed E-state index contributed by atoms with van der Waals surface area (Å²) in [6.45, 7) is 10.8. The van der Waals surface area contributed by atoms with Gasteiger partial charge in [-0.25, -0.2) is 4.98 Å². The first-order valence-corrected chi connectivity index (χ1v) is 10.3. The summed E-state index contributed by atoms with van der Waals surface area (Å²) in [5.74, 6) is 0.538. The highest BCUT2D eigenvalue weighted by atomic mass is 32.1. The Labute approximate surface area is 152 Å². The second-order valence-corrected chi connectivity index (χ2v) is 8.69. The van der Waals surface area contributed by atoms with E-state index < -0.39 is 0 Å². The molecule has 1 amide bonds. The van der Waals surface area contributed by atoms with Gasteiger partial charge in [0.15, 0.2) is 0 Å². The van der Waals surface area contributed by atoms with Crippen molar-refractivity contribution in [1.82, 2.24) is 14.8 Å². The number of thiophene rings is 1. The fourth-order valence-electron chi connectivity index (χ4n) is 2.96. The molecule has 6 heteroatoms. The second kappa shape index (κ2) is 7.76. The van der Waals surface area contributed by atoms with Crippen LogP contribution >= 0.6 is 22.7 Å². The van der Waals surface area contributed by atoms with Gasteiger partial charge in [-0.15, -0.1) is 22.7 Å². The van der Waals surface area contributed by atoms with Crippen molar-refractivity contribution in [3.05, 3.63) is 38.0 Å². The molecule has 1 fully saturated rings. The van der Waals surface area contributed by atoms with Crippen LogP contribution in [-0.4, -0.2) is 46.9 Å². The minimum Gasteiger partial charge on any atom is -0.337 e. The Hall–Kier alpha value is -1.24. The van der Waals surface area contributed by atoms with Crippen LogP contribution in [0.5, 0.6) is 0 Å². The van der Waals surface area contributed by atoms with Gasteiger partial charge in [0.1, 0.15) is 4.88 Å². The van der Waals surface area contributed by atoms with E-state index in [9.17, 15) is 4.79 Å². The van der Waals surface area contributed by atoms with Crippen LogP contribution in [0.1, 0.15) is 51.4 Å². The van der Waals surface area contributed by atoms with E-state index in [2.05, 4.69) is 41.2 Å². The van der Waals surface area contributed by atoms with Crippen LogP contribution in [0, 0.1) is 6.92 Å². The standard InChI is InChI=1S/C18H25N3OS2/c1-13(2)17-19-14(3)16(24-17)18(22)21-8-5-7-20(9-10-21)12-15-6-4-11-23-15/h4,6,11,13H,5,7-10,12H2,1-3H3. The number of hydrogen-bond acceptors (Lipinski definition) is 5. The van der Waals surface area contributed by atoms with Crippen LogP contribution in [0.2, 0.25) is 0 Å². The number of aryl methyl sites for hydroxylation is 1. The van der Waals surface area contributed by atoms with Crippen molar-refractivity contribution in [1.29, 1.82) is 0 Å². The van der Waals surface area contributed by atoms with Gasteiger partial charge >= 0.3 is 0 Å². The van der Waals surface area contributed by atoms with Crippen molar-refractivity contribution in [3.63, 3.8) is 0 Å². The molecule has 0 saturated carbocycles. The summed E-state index contributed by atoms with van der Waals surface area (Å²) in [6, 6.07) is 4.29. The number of nitrogens with zero attached hydrogens (tertiary/aromatic N) is 3. The van der Waals surface area contributed by atoms with Gasteiger partial charge in [-0.2, -0.15) is 0 Å². The van der Waals surface area contributed by atoms with Crippen molar-refractivity contribution in [2.75, 3.05) is 26.2 Å². The summed E-state index contributed by atoms with van der Waals surface area (Å²) in [6.07, 6.45) is 1.03. The molecule has 2 aromatic rings. The molecule has 3 heterocycles. The van der Waals surface area contributed by atoms with E-state index in [1.165, 1.54) is 4.88 Å². The average Bonchev–Trinajstić information content (AvgIpc) is 3.12. The lowest BCUT2D eigenvalue weighted by Gasteiger charge is -2.21. The lowest BCUT2D eigenvalue weighted by atomic mass is 10.2. The van der Waals surface area contributed by atoms with Crippen LogP contribution in [-0.2, 0) is 6.54 Å². The van der Waals surface area contributed by atoms with Gasteiger partial charge in [-0.3, -0.25) is 9.69 Å². The topological polar surface area (TPSA) is 36.4 Å². The predicted molar refractivity (Wildman–Crippen MR) is 101 cm³/mol. The van der Waals surface area contributed by atoms with Crippen molar-refractivity contribution in [2.24, 2.45) is 0 Å². The van der Waals surface area contributed by atoms with Crippen molar-refractivity contribution >= 4 is 28.6 Å². The molecule has 4 nitrogen and oxygen atoms in total. The Morgan fingerprint density at radius 1 is 1.29 bits per heavy atom. The summed E-state index contributed by atoms with van der Waals surface area (Å²) < 4.78 is 0. The van der Waals surface area contributed by atoms with Gasteiger partial charge in [-0.1, -0.05) is 19.9 Å². The Bertz CT molecular complexity index is 679. The van der Waals surface area contributed by atoms with Crippen molar-refractivity contribution < 1.29 is 4.79 Å². The van der Waals surface area contributed by atoms with Gasteiger partial charge in [0, 0.05) is 43.5 Å². The molecule has 130 valence electrons. The maximum absolute atomic E-state index is 12.9. The highest BCUT2D eigenvalue weighted by Crippen LogP contribution is 2.26. The summed E-state index contributed by atoms with van der Waals surface area (Å²) in [5, 5.41) is 3.19. The number of rotatable bonds is 4. The number of carbonyl (C=O) groups is 1. The summed E-state index contributed by atoms with van der Waals surface area (Å²) >= 11 is 3.37. The largest absolute Gasteiger partial charge is 0.337 e. The third-order valence-corrected chi connectivity index (χ3v) is 6.64. The van der Waals surface area contributed by atoms with Crippen molar-refractivity contribution in [2.45, 2.75) is 39.7 Å². The van der Waals surface area contributed by atoms with Crippen LogP contribution in [0.4, 0.5) is 0 Å². The molecule has 0 N–H and O–H groups in total. The first kappa shape index (κ1) is 17.6. The molecule has 1 aliphatic heterocycles. The van der Waals surface area contributed by atoms with Crippen LogP contribution in [0.3, 0.4) is 0 Å². The minimum atomic E-state index is 0.162. The molecule has 24 heavy (non-hydrogen) atoms. The number of hydrogen-bond donors (Lipinski definition) is 0. The Morgan fingerprint density at radius 2 is 2.12 bits per heavy atom. The molecule has 0 aromatic carbocycles. The van der Waals surface area contributed by atoms with Gasteiger partial charge in [-0.05, 0) is 24.8 Å². The summed E-state index contributed by atoms with van der Waals surface area (Å²) in [5.41, 5.74) is 0.883. The van der Waals surface area contributed by atoms with Crippen LogP contribution in [0.15, 0.2) is 17.5 Å². The smallest absolute Gasteiger partial charge is 0.265 e. The van der Waals surface area contributed by atoms with Gasteiger partial charge in [0.25, 0.3) is 5.91 Å². The quantitative estimate of drug-likeness (QED) is 0.824. The lowest BCUT2D eigenvalue weighted by Crippen LogP contribution is -2.35. The van der Waals surface area contributed by atoms with E-state index >= 15 is 0 Å². The van der Waals surface area contributed by atoms with Crippen molar-refractivity contribution in [3.8, 4) is 0 Å². The second-order valence-electron chi connectivity index (χ2n) is 6.62. The first-order chi connectivity index (χ1) is 11.5. The molecule has 0 radical (unpaired) electrons. The molecule has 0 bridgehead atoms. The number of amides is 1. The molecule has 1 aliphatic rings. The average molecular weight is 364 g/mol. The highest BCUT2D eigenvalue weighted by Gasteiger charge is 2.24. The van der Waals surface area contributed by atoms with Crippen LogP contribution < -0.4 is 0 Å². The maximum Gasteiger partial charge on any atom is 0.265 e. The number of carbonyl (C=O) groups excluding carboxylic acids is 1. The highest BCUT2D eigenvalue weighted by molar-refractivity contribution is 7.13. The van der Waals surface area contributed by atoms with Gasteiger partial charge in [0.2, 0.25) is 0 Å². The van der Waals surface area contributed by atoms with E-state index in [0.717, 1.165) is 54.7 Å². The Morgan fingerprint density at radius 3 is 2.79 bits per heavy atom. The van der Waals surface area contributed by atoms with E-state index in [1.807, 2.05) is 11.8 Å². The molecule has 2 aromatic heterocycles. The lowest BCUT2D eigenvalue weighted by molar-refractivity contribution is 0.0765. The normalized spacial score (nSPS) is 16.6. The minimum absolute atomic E-state index is 0.162. The first-order valence-electron chi connectivity index (χ1n) is 8.56. The van der Waals surface area contributed by atoms with E-state index in [0.29, 0.717) is 5.92 Å². The molecule has 0 spiro atoms. The summed E-state index contributed by atoms with van der Waals surface area (Å²) in [7, 11) is 0. The van der Waals surface area contributed by atoms with E-state index in [1.54, 1.807) is 22.7 Å². The molecule has 0 unspecified atom stereocenters. The zero-order valence-corrected chi connectivity index (χ0v) is 16.3. The van der Waals surface area contributed by atoms with E-state index in [-0.39, 0.29) is 5.91 Å². The zero-order chi connectivity index (χ0) is 17.1. The molecule has 1 saturated heterocycles. The zero-order valence-electron chi connectivity index (χ0n) is 14.6. The third kappa shape index (κ3) is 4.05. The molecule has 3 rings (SSSR count). The number of aromatic nitrogens is 1. The van der Waals surface area contributed by atoms with E-state index in [4.69, 9.17) is 0 Å². The predicted octanol–water partition coefficient (Wildman–Crippen LogP) is 3.98. The molecule has 0 atom stereocenters. The van der Waals surface area contributed by atoms with Crippen LogP contribution in [0.25, 0.3) is 0 Å². The Balaban J connectivity index is 1.64. The van der Waals surface area contributed by atoms with Gasteiger partial charge < -0.3 is 4.90 Å². The fourth-order valence-corrected chi connectivity index (χ4v) is 4.74. The third-order valence-electron chi connectivity index (χ3n) is 4.34. The molecular weight excluding hydrogens is 338 g/mol. The Kier molecular flexibility index (Phi) is 5.69.